The van der Waals surface area contributed by atoms with Crippen LogP contribution >= 0.6 is 0 Å². The number of imide groups is 2. The molecule has 4 aliphatic heterocycles. The van der Waals surface area contributed by atoms with E-state index in [0.717, 1.165) is 101 Å². The molecular formula is C43H48N10O6. The van der Waals surface area contributed by atoms with Crippen LogP contribution in [0, 0.1) is 12.8 Å². The normalized spacial score (nSPS) is 21.7. The van der Waals surface area contributed by atoms with Gasteiger partial charge in [-0.05, 0) is 87.8 Å². The first-order valence-electron chi connectivity index (χ1n) is 20.8. The van der Waals surface area contributed by atoms with E-state index < -0.39 is 29.7 Å². The Morgan fingerprint density at radius 3 is 2.32 bits per heavy atom. The number of nitrogens with zero attached hydrogens (tertiary/aromatic N) is 8. The van der Waals surface area contributed by atoms with E-state index in [1.54, 1.807) is 29.8 Å². The van der Waals surface area contributed by atoms with Crippen LogP contribution < -0.4 is 26.0 Å². The van der Waals surface area contributed by atoms with Gasteiger partial charge in [-0.2, -0.15) is 4.98 Å². The van der Waals surface area contributed by atoms with Crippen molar-refractivity contribution in [2.75, 3.05) is 60.9 Å². The zero-order valence-electron chi connectivity index (χ0n) is 33.4. The average Bonchev–Trinajstić information content (AvgIpc) is 3.84. The highest BCUT2D eigenvalue weighted by atomic mass is 16.2. The van der Waals surface area contributed by atoms with Crippen LogP contribution in [0.2, 0.25) is 0 Å². The van der Waals surface area contributed by atoms with Gasteiger partial charge in [0, 0.05) is 75.5 Å². The number of hydrogen-bond donors (Lipinski definition) is 2. The number of piperazine rings is 1. The first-order valence-corrected chi connectivity index (χ1v) is 20.8. The number of pyridine rings is 2. The molecule has 0 radical (unpaired) electrons. The van der Waals surface area contributed by atoms with Crippen LogP contribution in [0.1, 0.15) is 101 Å². The second-order valence-electron chi connectivity index (χ2n) is 16.5. The summed E-state index contributed by atoms with van der Waals surface area (Å²) in [5.41, 5.74) is 3.60. The van der Waals surface area contributed by atoms with Crippen molar-refractivity contribution < 1.29 is 24.0 Å². The second kappa shape index (κ2) is 15.6. The lowest BCUT2D eigenvalue weighted by atomic mass is 9.96. The van der Waals surface area contributed by atoms with E-state index in [1.165, 1.54) is 6.92 Å². The van der Waals surface area contributed by atoms with Gasteiger partial charge < -0.3 is 15.1 Å². The van der Waals surface area contributed by atoms with Crippen LogP contribution in [0.4, 0.5) is 23.1 Å². The van der Waals surface area contributed by atoms with E-state index in [2.05, 4.69) is 35.3 Å². The van der Waals surface area contributed by atoms with Crippen molar-refractivity contribution >= 4 is 63.6 Å². The number of benzene rings is 1. The fourth-order valence-corrected chi connectivity index (χ4v) is 9.73. The molecule has 2 unspecified atom stereocenters. The highest BCUT2D eigenvalue weighted by Crippen LogP contribution is 2.34. The number of aromatic nitrogens is 4. The first-order chi connectivity index (χ1) is 28.5. The number of aryl methyl sites for hydroxylation is 1. The molecule has 0 spiro atoms. The van der Waals surface area contributed by atoms with Gasteiger partial charge in [0.05, 0.1) is 28.6 Å². The number of hydrogen-bond acceptors (Lipinski definition) is 13. The van der Waals surface area contributed by atoms with Gasteiger partial charge in [-0.1, -0.05) is 12.8 Å². The quantitative estimate of drug-likeness (QED) is 0.183. The van der Waals surface area contributed by atoms with Crippen LogP contribution in [0.15, 0.2) is 47.5 Å². The van der Waals surface area contributed by atoms with E-state index >= 15 is 0 Å². The number of fused-ring (bicyclic) bond motifs is 2. The summed E-state index contributed by atoms with van der Waals surface area (Å²) in [6.45, 7) is 9.45. The SMILES string of the molecule is CC(=O)c1c(C)c2cnc(Nc3ccc(N4CCN(CC5CCCN(c6ccc7c(c6)C(=O)N(C6CCC(=O)NC6=O)C7=O)C5)CC4)cn3)nc2n(C2CCCC2)c1=O. The molecule has 3 saturated heterocycles. The summed E-state index contributed by atoms with van der Waals surface area (Å²) in [5, 5.41) is 6.17. The van der Waals surface area contributed by atoms with Gasteiger partial charge >= 0.3 is 0 Å². The highest BCUT2D eigenvalue weighted by molar-refractivity contribution is 6.23. The molecule has 2 N–H and O–H groups in total. The van der Waals surface area contributed by atoms with Gasteiger partial charge in [-0.25, -0.2) is 9.97 Å². The largest absolute Gasteiger partial charge is 0.371 e. The maximum atomic E-state index is 13.6. The van der Waals surface area contributed by atoms with Crippen molar-refractivity contribution in [1.82, 2.24) is 34.6 Å². The Morgan fingerprint density at radius 1 is 0.831 bits per heavy atom. The molecule has 4 fully saturated rings. The number of amides is 4. The van der Waals surface area contributed by atoms with Gasteiger partial charge in [0.15, 0.2) is 5.78 Å². The minimum atomic E-state index is -0.980. The number of Topliss-reactive ketones (excluding diaryl/α,β-unsaturated/α-hetero) is 1. The molecule has 2 atom stereocenters. The van der Waals surface area contributed by atoms with Crippen molar-refractivity contribution in [3.8, 4) is 0 Å². The molecule has 1 saturated carbocycles. The van der Waals surface area contributed by atoms with Crippen molar-refractivity contribution in [2.24, 2.45) is 5.92 Å². The zero-order chi connectivity index (χ0) is 40.9. The number of rotatable bonds is 9. The maximum absolute atomic E-state index is 13.6. The molecule has 306 valence electrons. The Bertz CT molecular complexity index is 2440. The van der Waals surface area contributed by atoms with E-state index in [-0.39, 0.29) is 35.8 Å². The van der Waals surface area contributed by atoms with Gasteiger partial charge in [0.25, 0.3) is 17.4 Å². The second-order valence-corrected chi connectivity index (χ2v) is 16.5. The molecule has 9 rings (SSSR count). The monoisotopic (exact) mass is 800 g/mol. The Hall–Kier alpha value is -6.03. The summed E-state index contributed by atoms with van der Waals surface area (Å²) < 4.78 is 1.71. The van der Waals surface area contributed by atoms with Crippen molar-refractivity contribution in [2.45, 2.75) is 77.3 Å². The molecule has 59 heavy (non-hydrogen) atoms. The van der Waals surface area contributed by atoms with Crippen LogP contribution in [0.25, 0.3) is 11.0 Å². The lowest BCUT2D eigenvalue weighted by Gasteiger charge is -2.40. The fraction of sp³-hybridized carbons (Fsp3) is 0.465. The number of nitrogens with one attached hydrogen (secondary N) is 2. The van der Waals surface area contributed by atoms with Crippen LogP contribution in [0.5, 0.6) is 0 Å². The van der Waals surface area contributed by atoms with Gasteiger partial charge in [-0.15, -0.1) is 0 Å². The molecule has 4 aromatic rings. The summed E-state index contributed by atoms with van der Waals surface area (Å²) in [4.78, 5) is 99.0. The van der Waals surface area contributed by atoms with Crippen molar-refractivity contribution in [3.05, 3.63) is 75.3 Å². The summed E-state index contributed by atoms with van der Waals surface area (Å²) in [6.07, 6.45) is 9.72. The van der Waals surface area contributed by atoms with E-state index in [1.807, 2.05) is 24.4 Å². The van der Waals surface area contributed by atoms with E-state index in [4.69, 9.17) is 4.98 Å². The van der Waals surface area contributed by atoms with Crippen molar-refractivity contribution in [3.63, 3.8) is 0 Å². The van der Waals surface area contributed by atoms with Crippen molar-refractivity contribution in [1.29, 1.82) is 0 Å². The van der Waals surface area contributed by atoms with Gasteiger partial charge in [0.2, 0.25) is 17.8 Å². The smallest absolute Gasteiger partial charge is 0.263 e. The molecule has 16 nitrogen and oxygen atoms in total. The molecule has 16 heteroatoms. The van der Waals surface area contributed by atoms with Crippen LogP contribution in [-0.2, 0) is 9.59 Å². The molecule has 7 heterocycles. The minimum absolute atomic E-state index is 0.00204. The molecule has 1 aliphatic carbocycles. The third kappa shape index (κ3) is 7.23. The Balaban J connectivity index is 0.804. The standard InChI is InChI=1S/C43H48N10O6/c1-25-33-22-45-43(48-38(33)52(28-7-3-4-8-28)42(59)37(25)26(2)54)46-35-13-10-30(21-44-35)50-18-16-49(17-19-50)23-27-6-5-15-51(24-27)29-9-11-31-32(20-29)41(58)53(40(31)57)34-12-14-36(55)47-39(34)56/h9-11,13,20-22,27-28,34H,3-8,12,14-19,23-24H2,1-2H3,(H,47,55,56)(H,44,45,46,48). The van der Waals surface area contributed by atoms with Gasteiger partial charge in [-0.3, -0.25) is 48.5 Å². The molecule has 1 aromatic carbocycles. The number of ketones is 1. The lowest BCUT2D eigenvalue weighted by molar-refractivity contribution is -0.136. The predicted molar refractivity (Wildman–Crippen MR) is 220 cm³/mol. The summed E-state index contributed by atoms with van der Waals surface area (Å²) in [5.74, 6) is -0.857. The third-order valence-electron chi connectivity index (χ3n) is 12.8. The van der Waals surface area contributed by atoms with Crippen LogP contribution in [-0.4, -0.2) is 111 Å². The average molecular weight is 801 g/mol. The fourth-order valence-electron chi connectivity index (χ4n) is 9.73. The Kier molecular flexibility index (Phi) is 10.2. The van der Waals surface area contributed by atoms with Crippen LogP contribution in [0.3, 0.4) is 0 Å². The minimum Gasteiger partial charge on any atom is -0.371 e. The zero-order valence-corrected chi connectivity index (χ0v) is 33.4. The summed E-state index contributed by atoms with van der Waals surface area (Å²) in [6, 6.07) is 8.35. The molecule has 3 aromatic heterocycles. The molecule has 5 aliphatic rings. The number of piperidine rings is 2. The summed E-state index contributed by atoms with van der Waals surface area (Å²) in [7, 11) is 0. The van der Waals surface area contributed by atoms with Gasteiger partial charge in [0.1, 0.15) is 17.5 Å². The third-order valence-corrected chi connectivity index (χ3v) is 12.8. The Morgan fingerprint density at radius 2 is 1.59 bits per heavy atom. The highest BCUT2D eigenvalue weighted by Gasteiger charge is 2.45. The number of anilines is 4. The molecule has 0 bridgehead atoms. The van der Waals surface area contributed by atoms with E-state index in [9.17, 15) is 28.8 Å². The number of carbonyl (C=O) groups is 5. The summed E-state index contributed by atoms with van der Waals surface area (Å²) >= 11 is 0. The van der Waals surface area contributed by atoms with E-state index in [0.29, 0.717) is 45.4 Å². The number of carbonyl (C=O) groups excluding carboxylic acids is 5. The molecular weight excluding hydrogens is 753 g/mol. The maximum Gasteiger partial charge on any atom is 0.263 e. The molecule has 4 amide bonds. The lowest BCUT2D eigenvalue weighted by Crippen LogP contribution is -2.54. The predicted octanol–water partition coefficient (Wildman–Crippen LogP) is 4.00. The first kappa shape index (κ1) is 38.5. The Labute approximate surface area is 341 Å². The topological polar surface area (TPSA) is 183 Å².